The Morgan fingerprint density at radius 3 is 2.75 bits per heavy atom. The molecule has 1 fully saturated rings. The number of benzene rings is 1. The van der Waals surface area contributed by atoms with E-state index in [1.165, 1.54) is 29.3 Å². The molecule has 1 aromatic carbocycles. The highest BCUT2D eigenvalue weighted by molar-refractivity contribution is 5.80. The van der Waals surface area contributed by atoms with Crippen LogP contribution in [0.5, 0.6) is 0 Å². The second kappa shape index (κ2) is 7.70. The number of hydrogen-bond donors (Lipinski definition) is 2. The first-order valence-electron chi connectivity index (χ1n) is 7.18. The van der Waals surface area contributed by atoms with Crippen molar-refractivity contribution in [2.75, 3.05) is 19.7 Å². The van der Waals surface area contributed by atoms with E-state index in [0.29, 0.717) is 13.1 Å². The largest absolute Gasteiger partial charge is 0.468 e. The second-order valence-corrected chi connectivity index (χ2v) is 4.90. The number of fused-ring (bicyclic) bond motifs is 1. The summed E-state index contributed by atoms with van der Waals surface area (Å²) in [6.07, 6.45) is 4.56. The summed E-state index contributed by atoms with van der Waals surface area (Å²) in [6.45, 7) is 4.99. The van der Waals surface area contributed by atoms with Crippen molar-refractivity contribution in [1.82, 2.24) is 10.3 Å². The maximum Gasteiger partial charge on any atom is 0.293 e. The Hall–Kier alpha value is -1.81. The van der Waals surface area contributed by atoms with E-state index in [1.54, 1.807) is 6.92 Å². The van der Waals surface area contributed by atoms with Gasteiger partial charge in [0.05, 0.1) is 6.61 Å². The van der Waals surface area contributed by atoms with Crippen LogP contribution in [0, 0.1) is 0 Å². The third kappa shape index (κ3) is 3.84. The Morgan fingerprint density at radius 1 is 1.30 bits per heavy atom. The third-order valence-corrected chi connectivity index (χ3v) is 3.62. The number of nitrogens with one attached hydrogen (secondary N) is 2. The molecule has 4 heteroatoms. The van der Waals surface area contributed by atoms with Gasteiger partial charge in [-0.05, 0) is 67.9 Å². The van der Waals surface area contributed by atoms with Crippen molar-refractivity contribution < 1.29 is 9.53 Å². The number of hydrogen-bond acceptors (Lipinski definition) is 3. The predicted octanol–water partition coefficient (Wildman–Crippen LogP) is 2.81. The highest BCUT2D eigenvalue weighted by atomic mass is 16.5. The van der Waals surface area contributed by atoms with Crippen LogP contribution in [0.25, 0.3) is 10.9 Å². The van der Waals surface area contributed by atoms with Crippen molar-refractivity contribution in [2.24, 2.45) is 0 Å². The van der Waals surface area contributed by atoms with Crippen LogP contribution in [-0.2, 0) is 9.53 Å². The summed E-state index contributed by atoms with van der Waals surface area (Å²) < 4.78 is 4.15. The first-order chi connectivity index (χ1) is 9.85. The molecule has 108 valence electrons. The highest BCUT2D eigenvalue weighted by Crippen LogP contribution is 2.27. The van der Waals surface area contributed by atoms with Crippen molar-refractivity contribution in [2.45, 2.75) is 25.7 Å². The lowest BCUT2D eigenvalue weighted by Crippen LogP contribution is -2.26. The van der Waals surface area contributed by atoms with Gasteiger partial charge in [0, 0.05) is 11.7 Å². The minimum atomic E-state index is 0.431. The normalized spacial score (nSPS) is 15.4. The summed E-state index contributed by atoms with van der Waals surface area (Å²) in [5.41, 5.74) is 2.75. The van der Waals surface area contributed by atoms with Gasteiger partial charge in [-0.25, -0.2) is 0 Å². The third-order valence-electron chi connectivity index (χ3n) is 3.62. The zero-order valence-corrected chi connectivity index (χ0v) is 11.9. The molecule has 2 N–H and O–H groups in total. The van der Waals surface area contributed by atoms with Gasteiger partial charge in [-0.1, -0.05) is 6.07 Å². The van der Waals surface area contributed by atoms with Gasteiger partial charge < -0.3 is 15.0 Å². The molecule has 0 bridgehead atoms. The van der Waals surface area contributed by atoms with E-state index >= 15 is 0 Å². The number of aromatic nitrogens is 1. The summed E-state index contributed by atoms with van der Waals surface area (Å²) in [4.78, 5) is 12.4. The molecule has 1 aliphatic heterocycles. The van der Waals surface area contributed by atoms with Crippen LogP contribution < -0.4 is 5.32 Å². The van der Waals surface area contributed by atoms with Gasteiger partial charge >= 0.3 is 0 Å². The average Bonchev–Trinajstić information content (AvgIpc) is 2.97. The van der Waals surface area contributed by atoms with Crippen LogP contribution in [0.1, 0.15) is 31.2 Å². The molecule has 0 radical (unpaired) electrons. The summed E-state index contributed by atoms with van der Waals surface area (Å²) in [5.74, 6) is 0.755. The fraction of sp³-hybridized carbons (Fsp3) is 0.438. The van der Waals surface area contributed by atoms with Crippen molar-refractivity contribution in [3.05, 3.63) is 36.0 Å². The Morgan fingerprint density at radius 2 is 2.10 bits per heavy atom. The van der Waals surface area contributed by atoms with Crippen molar-refractivity contribution in [3.8, 4) is 0 Å². The summed E-state index contributed by atoms with van der Waals surface area (Å²) in [7, 11) is 0. The first-order valence-corrected chi connectivity index (χ1v) is 7.18. The van der Waals surface area contributed by atoms with E-state index in [-0.39, 0.29) is 0 Å². The fourth-order valence-electron chi connectivity index (χ4n) is 2.55. The van der Waals surface area contributed by atoms with Gasteiger partial charge in [0.2, 0.25) is 0 Å². The minimum Gasteiger partial charge on any atom is -0.468 e. The molecular weight excluding hydrogens is 252 g/mol. The van der Waals surface area contributed by atoms with Gasteiger partial charge in [0.15, 0.2) is 0 Å². The van der Waals surface area contributed by atoms with Crippen molar-refractivity contribution in [3.63, 3.8) is 0 Å². The monoisotopic (exact) mass is 274 g/mol. The Labute approximate surface area is 119 Å². The van der Waals surface area contributed by atoms with Crippen LogP contribution in [0.3, 0.4) is 0 Å². The molecule has 0 amide bonds. The van der Waals surface area contributed by atoms with Crippen LogP contribution in [0.2, 0.25) is 0 Å². The van der Waals surface area contributed by atoms with Gasteiger partial charge in [-0.15, -0.1) is 0 Å². The average molecular weight is 274 g/mol. The number of carbonyl (C=O) groups is 1. The highest BCUT2D eigenvalue weighted by Gasteiger charge is 2.15. The van der Waals surface area contributed by atoms with E-state index in [9.17, 15) is 4.79 Å². The molecule has 20 heavy (non-hydrogen) atoms. The lowest BCUT2D eigenvalue weighted by molar-refractivity contribution is -0.128. The maximum absolute atomic E-state index is 9.18. The molecule has 4 nitrogen and oxygen atoms in total. The lowest BCUT2D eigenvalue weighted by Gasteiger charge is -2.22. The van der Waals surface area contributed by atoms with Gasteiger partial charge in [-0.3, -0.25) is 4.79 Å². The van der Waals surface area contributed by atoms with Crippen molar-refractivity contribution >= 4 is 17.4 Å². The summed E-state index contributed by atoms with van der Waals surface area (Å²) in [6, 6.07) is 8.96. The van der Waals surface area contributed by atoms with Crippen LogP contribution in [0.4, 0.5) is 0 Å². The van der Waals surface area contributed by atoms with Crippen LogP contribution in [-0.4, -0.2) is 31.2 Å². The zero-order chi connectivity index (χ0) is 14.2. The van der Waals surface area contributed by atoms with E-state index in [1.807, 2.05) is 6.20 Å². The van der Waals surface area contributed by atoms with Crippen LogP contribution in [0.15, 0.2) is 30.5 Å². The molecule has 0 unspecified atom stereocenters. The Kier molecular flexibility index (Phi) is 5.62. The van der Waals surface area contributed by atoms with E-state index in [0.717, 1.165) is 19.0 Å². The Balaban J connectivity index is 0.000000257. The van der Waals surface area contributed by atoms with E-state index in [2.05, 4.69) is 39.3 Å². The second-order valence-electron chi connectivity index (χ2n) is 4.90. The first kappa shape index (κ1) is 14.6. The van der Waals surface area contributed by atoms with E-state index < -0.39 is 0 Å². The van der Waals surface area contributed by atoms with Crippen LogP contribution >= 0.6 is 0 Å². The van der Waals surface area contributed by atoms with Gasteiger partial charge in [-0.2, -0.15) is 0 Å². The number of carbonyl (C=O) groups excluding carboxylic acids is 1. The minimum absolute atomic E-state index is 0.431. The summed E-state index contributed by atoms with van der Waals surface area (Å²) in [5, 5.41) is 4.75. The quantitative estimate of drug-likeness (QED) is 0.846. The SMILES string of the molecule is CCOC=O.c1cc2cc(C3CCNCC3)ccc2[nH]1. The number of aromatic amines is 1. The lowest BCUT2D eigenvalue weighted by atomic mass is 9.90. The zero-order valence-electron chi connectivity index (χ0n) is 11.9. The summed E-state index contributed by atoms with van der Waals surface area (Å²) >= 11 is 0. The van der Waals surface area contributed by atoms with Gasteiger partial charge in [0.25, 0.3) is 6.47 Å². The van der Waals surface area contributed by atoms with E-state index in [4.69, 9.17) is 0 Å². The molecule has 2 aromatic rings. The molecular formula is C16H22N2O2. The molecule has 2 heterocycles. The molecule has 0 spiro atoms. The number of ether oxygens (including phenoxy) is 1. The molecule has 0 aliphatic carbocycles. The Bertz CT molecular complexity index is 530. The molecule has 0 atom stereocenters. The smallest absolute Gasteiger partial charge is 0.293 e. The standard InChI is InChI=1S/C13H16N2.C3H6O2/c1-2-13-12(5-8-15-13)9-11(1)10-3-6-14-7-4-10;1-2-5-3-4/h1-2,5,8-10,14-15H,3-4,6-7H2;3H,2H2,1H3. The molecule has 1 saturated heterocycles. The number of rotatable bonds is 3. The topological polar surface area (TPSA) is 54.1 Å². The number of piperidine rings is 1. The molecule has 0 saturated carbocycles. The molecule has 1 aliphatic rings. The molecule has 3 rings (SSSR count). The van der Waals surface area contributed by atoms with Gasteiger partial charge in [0.1, 0.15) is 0 Å². The predicted molar refractivity (Wildman–Crippen MR) is 80.8 cm³/mol. The fourth-order valence-corrected chi connectivity index (χ4v) is 2.55. The molecule has 1 aromatic heterocycles. The maximum atomic E-state index is 9.18. The van der Waals surface area contributed by atoms with Crippen molar-refractivity contribution in [1.29, 1.82) is 0 Å². The number of H-pyrrole nitrogens is 1.